The first-order valence-electron chi connectivity index (χ1n) is 6.48. The van der Waals surface area contributed by atoms with Crippen molar-refractivity contribution in [2.24, 2.45) is 0 Å². The van der Waals surface area contributed by atoms with Gasteiger partial charge in [-0.25, -0.2) is 14.6 Å². The van der Waals surface area contributed by atoms with Gasteiger partial charge in [0.05, 0.1) is 5.60 Å². The minimum atomic E-state index is -0.536. The van der Waals surface area contributed by atoms with Crippen molar-refractivity contribution in [3.63, 3.8) is 0 Å². The SMILES string of the molecule is C=CCNC(=O)OC(C)CC(C)(C)OOC(C)(C)C. The molecule has 0 aromatic rings. The van der Waals surface area contributed by atoms with Crippen LogP contribution in [0.3, 0.4) is 0 Å². The van der Waals surface area contributed by atoms with E-state index in [1.165, 1.54) is 0 Å². The zero-order valence-corrected chi connectivity index (χ0v) is 12.9. The summed E-state index contributed by atoms with van der Waals surface area (Å²) in [7, 11) is 0. The van der Waals surface area contributed by atoms with Crippen LogP contribution in [0.4, 0.5) is 4.79 Å². The van der Waals surface area contributed by atoms with Crippen molar-refractivity contribution in [1.29, 1.82) is 0 Å². The number of hydrogen-bond acceptors (Lipinski definition) is 4. The molecule has 1 amide bonds. The molecule has 5 heteroatoms. The molecule has 0 aliphatic rings. The van der Waals surface area contributed by atoms with Crippen LogP contribution in [0, 0.1) is 0 Å². The Balaban J connectivity index is 4.11. The number of carbonyl (C=O) groups excluding carboxylic acids is 1. The quantitative estimate of drug-likeness (QED) is 0.439. The fourth-order valence-electron chi connectivity index (χ4n) is 1.39. The molecule has 1 atom stereocenters. The van der Waals surface area contributed by atoms with Gasteiger partial charge in [0.1, 0.15) is 11.7 Å². The fraction of sp³-hybridized carbons (Fsp3) is 0.786. The van der Waals surface area contributed by atoms with Crippen molar-refractivity contribution in [1.82, 2.24) is 5.32 Å². The molecule has 0 bridgehead atoms. The molecule has 0 aromatic heterocycles. The summed E-state index contributed by atoms with van der Waals surface area (Å²) in [5.74, 6) is 0. The number of carbonyl (C=O) groups is 1. The van der Waals surface area contributed by atoms with E-state index < -0.39 is 11.7 Å². The molecule has 5 nitrogen and oxygen atoms in total. The van der Waals surface area contributed by atoms with Gasteiger partial charge in [0.15, 0.2) is 0 Å². The van der Waals surface area contributed by atoms with Crippen LogP contribution in [0.15, 0.2) is 12.7 Å². The van der Waals surface area contributed by atoms with Crippen LogP contribution in [0.1, 0.15) is 48.0 Å². The third-order valence-electron chi connectivity index (χ3n) is 2.00. The summed E-state index contributed by atoms with van der Waals surface area (Å²) in [6.45, 7) is 15.2. The van der Waals surface area contributed by atoms with Crippen LogP contribution < -0.4 is 5.32 Å². The van der Waals surface area contributed by atoms with Gasteiger partial charge >= 0.3 is 6.09 Å². The first-order valence-corrected chi connectivity index (χ1v) is 6.48. The number of hydrogen-bond donors (Lipinski definition) is 1. The van der Waals surface area contributed by atoms with Crippen LogP contribution in [0.5, 0.6) is 0 Å². The average Bonchev–Trinajstić information content (AvgIpc) is 2.22. The number of rotatable bonds is 7. The highest BCUT2D eigenvalue weighted by Gasteiger charge is 2.27. The summed E-state index contributed by atoms with van der Waals surface area (Å²) in [6, 6.07) is 0. The van der Waals surface area contributed by atoms with Gasteiger partial charge in [0.25, 0.3) is 0 Å². The molecule has 112 valence electrons. The van der Waals surface area contributed by atoms with Gasteiger partial charge in [-0.05, 0) is 41.5 Å². The van der Waals surface area contributed by atoms with Crippen LogP contribution in [0.25, 0.3) is 0 Å². The molecule has 0 rings (SSSR count). The summed E-state index contributed by atoms with van der Waals surface area (Å²) >= 11 is 0. The van der Waals surface area contributed by atoms with Crippen molar-refractivity contribution < 1.29 is 19.3 Å². The van der Waals surface area contributed by atoms with E-state index in [0.29, 0.717) is 13.0 Å². The molecular weight excluding hydrogens is 246 g/mol. The lowest BCUT2D eigenvalue weighted by Crippen LogP contribution is -2.36. The number of alkyl carbamates (subject to hydrolysis) is 1. The van der Waals surface area contributed by atoms with Crippen molar-refractivity contribution >= 4 is 6.09 Å². The highest BCUT2D eigenvalue weighted by atomic mass is 17.2. The van der Waals surface area contributed by atoms with E-state index in [2.05, 4.69) is 11.9 Å². The molecule has 1 unspecified atom stereocenters. The Morgan fingerprint density at radius 2 is 1.84 bits per heavy atom. The van der Waals surface area contributed by atoms with Crippen LogP contribution in [-0.4, -0.2) is 29.9 Å². The van der Waals surface area contributed by atoms with Gasteiger partial charge in [-0.15, -0.1) is 6.58 Å². The first-order chi connectivity index (χ1) is 8.56. The Kier molecular flexibility index (Phi) is 7.08. The molecular formula is C14H27NO4. The predicted molar refractivity (Wildman–Crippen MR) is 74.8 cm³/mol. The Hall–Kier alpha value is -1.07. The molecule has 0 spiro atoms. The Morgan fingerprint density at radius 1 is 1.26 bits per heavy atom. The summed E-state index contributed by atoms with van der Waals surface area (Å²) < 4.78 is 5.19. The lowest BCUT2D eigenvalue weighted by Gasteiger charge is -2.30. The van der Waals surface area contributed by atoms with Gasteiger partial charge in [0.2, 0.25) is 0 Å². The smallest absolute Gasteiger partial charge is 0.407 e. The van der Waals surface area contributed by atoms with Crippen molar-refractivity contribution in [3.05, 3.63) is 12.7 Å². The van der Waals surface area contributed by atoms with E-state index in [4.69, 9.17) is 14.5 Å². The topological polar surface area (TPSA) is 56.8 Å². The van der Waals surface area contributed by atoms with E-state index in [9.17, 15) is 4.79 Å². The van der Waals surface area contributed by atoms with E-state index in [1.54, 1.807) is 6.08 Å². The fourth-order valence-corrected chi connectivity index (χ4v) is 1.39. The van der Waals surface area contributed by atoms with Crippen LogP contribution in [-0.2, 0) is 14.5 Å². The molecule has 0 aliphatic carbocycles. The molecule has 0 heterocycles. The summed E-state index contributed by atoms with van der Waals surface area (Å²) in [5.41, 5.74) is -0.909. The van der Waals surface area contributed by atoms with E-state index in [-0.39, 0.29) is 11.7 Å². The minimum absolute atomic E-state index is 0.275. The first kappa shape index (κ1) is 17.9. The highest BCUT2D eigenvalue weighted by Crippen LogP contribution is 2.22. The van der Waals surface area contributed by atoms with Crippen LogP contribution in [0.2, 0.25) is 0 Å². The molecule has 0 aliphatic heterocycles. The molecule has 0 aromatic carbocycles. The zero-order valence-electron chi connectivity index (χ0n) is 12.9. The van der Waals surface area contributed by atoms with Gasteiger partial charge in [-0.2, -0.15) is 0 Å². The maximum Gasteiger partial charge on any atom is 0.407 e. The summed E-state index contributed by atoms with van der Waals surface area (Å²) in [6.07, 6.45) is 1.39. The van der Waals surface area contributed by atoms with Gasteiger partial charge in [-0.3, -0.25) is 0 Å². The van der Waals surface area contributed by atoms with Gasteiger partial charge in [0, 0.05) is 13.0 Å². The van der Waals surface area contributed by atoms with Crippen molar-refractivity contribution in [2.75, 3.05) is 6.54 Å². The molecule has 1 N–H and O–H groups in total. The predicted octanol–water partition coefficient (Wildman–Crippen LogP) is 3.20. The van der Waals surface area contributed by atoms with E-state index in [1.807, 2.05) is 41.5 Å². The molecule has 0 saturated carbocycles. The van der Waals surface area contributed by atoms with Crippen LogP contribution >= 0.6 is 0 Å². The Labute approximate surface area is 116 Å². The second kappa shape index (κ2) is 7.50. The Morgan fingerprint density at radius 3 is 2.32 bits per heavy atom. The minimum Gasteiger partial charge on any atom is -0.446 e. The lowest BCUT2D eigenvalue weighted by atomic mass is 10.0. The number of ether oxygens (including phenoxy) is 1. The molecule has 0 saturated heterocycles. The largest absolute Gasteiger partial charge is 0.446 e. The third kappa shape index (κ3) is 10.5. The van der Waals surface area contributed by atoms with E-state index in [0.717, 1.165) is 0 Å². The Bertz CT molecular complexity index is 294. The standard InChI is InChI=1S/C14H27NO4/c1-8-9-15-12(16)17-11(2)10-14(6,7)19-18-13(3,4)5/h8,11H,1,9-10H2,2-7H3,(H,15,16). The lowest BCUT2D eigenvalue weighted by molar-refractivity contribution is -0.399. The van der Waals surface area contributed by atoms with E-state index >= 15 is 0 Å². The highest BCUT2D eigenvalue weighted by molar-refractivity contribution is 5.67. The van der Waals surface area contributed by atoms with Gasteiger partial charge < -0.3 is 10.1 Å². The maximum absolute atomic E-state index is 11.4. The number of nitrogens with one attached hydrogen (secondary N) is 1. The second-order valence-electron chi connectivity index (χ2n) is 6.13. The monoisotopic (exact) mass is 273 g/mol. The summed E-state index contributed by atoms with van der Waals surface area (Å²) in [5, 5.41) is 2.55. The van der Waals surface area contributed by atoms with Gasteiger partial charge in [-0.1, -0.05) is 6.08 Å². The second-order valence-corrected chi connectivity index (χ2v) is 6.13. The molecule has 0 radical (unpaired) electrons. The normalized spacial score (nSPS) is 13.8. The third-order valence-corrected chi connectivity index (χ3v) is 2.00. The maximum atomic E-state index is 11.4. The number of amides is 1. The molecule has 0 fully saturated rings. The van der Waals surface area contributed by atoms with Crippen molar-refractivity contribution in [3.8, 4) is 0 Å². The molecule has 19 heavy (non-hydrogen) atoms. The summed E-state index contributed by atoms with van der Waals surface area (Å²) in [4.78, 5) is 22.1. The zero-order chi connectivity index (χ0) is 15.1. The average molecular weight is 273 g/mol. The van der Waals surface area contributed by atoms with Crippen molar-refractivity contribution in [2.45, 2.75) is 65.3 Å².